The highest BCUT2D eigenvalue weighted by Crippen LogP contribution is 2.25. The number of aromatic nitrogens is 1. The lowest BCUT2D eigenvalue weighted by Gasteiger charge is -2.20. The Morgan fingerprint density at radius 2 is 1.96 bits per heavy atom. The van der Waals surface area contributed by atoms with Gasteiger partial charge in [0.25, 0.3) is 0 Å². The van der Waals surface area contributed by atoms with Gasteiger partial charge < -0.3 is 14.6 Å². The van der Waals surface area contributed by atoms with Gasteiger partial charge in [0, 0.05) is 30.3 Å². The summed E-state index contributed by atoms with van der Waals surface area (Å²) in [6.45, 7) is 8.19. The lowest BCUT2D eigenvalue weighted by Crippen LogP contribution is -2.33. The summed E-state index contributed by atoms with van der Waals surface area (Å²) in [7, 11) is 0. The minimum absolute atomic E-state index is 0.0418. The van der Waals surface area contributed by atoms with E-state index in [1.165, 1.54) is 0 Å². The van der Waals surface area contributed by atoms with Gasteiger partial charge in [-0.3, -0.25) is 9.59 Å². The number of hydrogen-bond acceptors (Lipinski definition) is 4. The predicted octanol–water partition coefficient (Wildman–Crippen LogP) is 3.15. The number of aryl methyl sites for hydroxylation is 2. The van der Waals surface area contributed by atoms with Crippen LogP contribution in [0.5, 0.6) is 0 Å². The van der Waals surface area contributed by atoms with Crippen molar-refractivity contribution >= 4 is 17.5 Å². The summed E-state index contributed by atoms with van der Waals surface area (Å²) >= 11 is 0. The lowest BCUT2D eigenvalue weighted by atomic mass is 10.1. The third kappa shape index (κ3) is 3.57. The molecule has 1 aliphatic heterocycles. The molecular formula is C19H23N3O3. The van der Waals surface area contributed by atoms with Crippen LogP contribution in [0.25, 0.3) is 11.5 Å². The topological polar surface area (TPSA) is 75.4 Å². The third-order valence-corrected chi connectivity index (χ3v) is 4.58. The SMILES string of the molecule is Cc1nc(-c2ccc(NC(=O)C3CC(=O)N(C(C)C)C3)cc2)oc1C. The van der Waals surface area contributed by atoms with Crippen LogP contribution in [0.3, 0.4) is 0 Å². The standard InChI is InChI=1S/C19H23N3O3/c1-11(2)22-10-15(9-17(22)23)18(24)21-16-7-5-14(6-8-16)19-20-12(3)13(4)25-19/h5-8,11,15H,9-10H2,1-4H3,(H,21,24). The molecule has 0 aliphatic carbocycles. The molecule has 0 radical (unpaired) electrons. The first-order valence-electron chi connectivity index (χ1n) is 8.50. The van der Waals surface area contributed by atoms with Gasteiger partial charge in [-0.05, 0) is 52.0 Å². The molecule has 1 atom stereocenters. The molecule has 6 heteroatoms. The normalized spacial score (nSPS) is 17.4. The quantitative estimate of drug-likeness (QED) is 0.927. The van der Waals surface area contributed by atoms with E-state index < -0.39 is 0 Å². The molecule has 1 aromatic carbocycles. The van der Waals surface area contributed by atoms with Crippen molar-refractivity contribution in [2.45, 2.75) is 40.2 Å². The van der Waals surface area contributed by atoms with Gasteiger partial charge in [-0.25, -0.2) is 4.98 Å². The van der Waals surface area contributed by atoms with Crippen LogP contribution < -0.4 is 5.32 Å². The molecule has 0 saturated carbocycles. The Balaban J connectivity index is 1.65. The van der Waals surface area contributed by atoms with Crippen molar-refractivity contribution in [3.63, 3.8) is 0 Å². The molecule has 3 rings (SSSR count). The van der Waals surface area contributed by atoms with Crippen molar-refractivity contribution in [3.8, 4) is 11.5 Å². The number of anilines is 1. The molecule has 0 spiro atoms. The van der Waals surface area contributed by atoms with E-state index in [-0.39, 0.29) is 30.2 Å². The van der Waals surface area contributed by atoms with Crippen molar-refractivity contribution < 1.29 is 14.0 Å². The van der Waals surface area contributed by atoms with Gasteiger partial charge in [-0.15, -0.1) is 0 Å². The molecule has 0 bridgehead atoms. The highest BCUT2D eigenvalue weighted by Gasteiger charge is 2.35. The second-order valence-corrected chi connectivity index (χ2v) is 6.77. The van der Waals surface area contributed by atoms with Crippen LogP contribution in [0.2, 0.25) is 0 Å². The van der Waals surface area contributed by atoms with E-state index in [1.807, 2.05) is 52.0 Å². The number of hydrogen-bond donors (Lipinski definition) is 1. The fourth-order valence-corrected chi connectivity index (χ4v) is 2.94. The van der Waals surface area contributed by atoms with Crippen molar-refractivity contribution in [1.29, 1.82) is 0 Å². The summed E-state index contributed by atoms with van der Waals surface area (Å²) in [6.07, 6.45) is 0.275. The number of nitrogens with zero attached hydrogens (tertiary/aromatic N) is 2. The average Bonchev–Trinajstić information content (AvgIpc) is 3.11. The molecule has 1 saturated heterocycles. The Bertz CT molecular complexity index is 773. The molecule has 2 aromatic rings. The maximum atomic E-state index is 12.4. The zero-order valence-corrected chi connectivity index (χ0v) is 15.0. The van der Waals surface area contributed by atoms with Crippen molar-refractivity contribution in [2.75, 3.05) is 11.9 Å². The Morgan fingerprint density at radius 3 is 2.48 bits per heavy atom. The second-order valence-electron chi connectivity index (χ2n) is 6.77. The molecule has 25 heavy (non-hydrogen) atoms. The van der Waals surface area contributed by atoms with Crippen LogP contribution in [0.1, 0.15) is 31.7 Å². The molecule has 2 heterocycles. The Morgan fingerprint density at radius 1 is 1.28 bits per heavy atom. The van der Waals surface area contributed by atoms with E-state index in [4.69, 9.17) is 4.42 Å². The number of benzene rings is 1. The number of carbonyl (C=O) groups is 2. The van der Waals surface area contributed by atoms with Crippen LogP contribution in [-0.4, -0.2) is 34.3 Å². The van der Waals surface area contributed by atoms with Gasteiger partial charge in [0.15, 0.2) is 0 Å². The maximum Gasteiger partial charge on any atom is 0.229 e. The summed E-state index contributed by atoms with van der Waals surface area (Å²) in [6, 6.07) is 7.48. The summed E-state index contributed by atoms with van der Waals surface area (Å²) in [4.78, 5) is 30.5. The average molecular weight is 341 g/mol. The molecule has 6 nitrogen and oxygen atoms in total. The minimum atomic E-state index is -0.299. The van der Waals surface area contributed by atoms with Gasteiger partial charge in [0.05, 0.1) is 11.6 Å². The number of likely N-dealkylation sites (tertiary alicyclic amines) is 1. The van der Waals surface area contributed by atoms with E-state index in [9.17, 15) is 9.59 Å². The summed E-state index contributed by atoms with van der Waals surface area (Å²) in [5, 5.41) is 2.89. The Kier molecular flexibility index (Phi) is 4.61. The molecule has 2 amide bonds. The first-order chi connectivity index (χ1) is 11.8. The zero-order valence-electron chi connectivity index (χ0n) is 15.0. The van der Waals surface area contributed by atoms with Crippen LogP contribution in [-0.2, 0) is 9.59 Å². The maximum absolute atomic E-state index is 12.4. The van der Waals surface area contributed by atoms with Crippen LogP contribution in [0.15, 0.2) is 28.7 Å². The minimum Gasteiger partial charge on any atom is -0.441 e. The second kappa shape index (κ2) is 6.70. The van der Waals surface area contributed by atoms with Gasteiger partial charge in [-0.2, -0.15) is 0 Å². The first-order valence-corrected chi connectivity index (χ1v) is 8.50. The summed E-state index contributed by atoms with van der Waals surface area (Å²) < 4.78 is 5.61. The van der Waals surface area contributed by atoms with E-state index >= 15 is 0 Å². The number of rotatable bonds is 4. The highest BCUT2D eigenvalue weighted by molar-refractivity contribution is 5.97. The van der Waals surface area contributed by atoms with E-state index in [1.54, 1.807) is 4.90 Å². The third-order valence-electron chi connectivity index (χ3n) is 4.58. The Hall–Kier alpha value is -2.63. The molecule has 1 aromatic heterocycles. The number of oxazole rings is 1. The van der Waals surface area contributed by atoms with Gasteiger partial charge >= 0.3 is 0 Å². The van der Waals surface area contributed by atoms with Crippen LogP contribution >= 0.6 is 0 Å². The lowest BCUT2D eigenvalue weighted by molar-refractivity contribution is -0.129. The van der Waals surface area contributed by atoms with Gasteiger partial charge in [0.2, 0.25) is 17.7 Å². The monoisotopic (exact) mass is 341 g/mol. The molecule has 1 aliphatic rings. The van der Waals surface area contributed by atoms with E-state index in [0.29, 0.717) is 18.1 Å². The van der Waals surface area contributed by atoms with Crippen LogP contribution in [0.4, 0.5) is 5.69 Å². The van der Waals surface area contributed by atoms with Gasteiger partial charge in [-0.1, -0.05) is 0 Å². The fourth-order valence-electron chi connectivity index (χ4n) is 2.94. The fraction of sp³-hybridized carbons (Fsp3) is 0.421. The number of amides is 2. The molecule has 132 valence electrons. The summed E-state index contributed by atoms with van der Waals surface area (Å²) in [5.41, 5.74) is 2.42. The summed E-state index contributed by atoms with van der Waals surface area (Å²) in [5.74, 6) is 0.994. The Labute approximate surface area is 147 Å². The number of carbonyl (C=O) groups excluding carboxylic acids is 2. The molecule has 1 unspecified atom stereocenters. The van der Waals surface area contributed by atoms with E-state index in [0.717, 1.165) is 17.0 Å². The van der Waals surface area contributed by atoms with E-state index in [2.05, 4.69) is 10.3 Å². The number of nitrogens with one attached hydrogen (secondary N) is 1. The molecule has 1 N–H and O–H groups in total. The largest absolute Gasteiger partial charge is 0.441 e. The van der Waals surface area contributed by atoms with Crippen molar-refractivity contribution in [3.05, 3.63) is 35.7 Å². The zero-order chi connectivity index (χ0) is 18.1. The van der Waals surface area contributed by atoms with Crippen molar-refractivity contribution in [1.82, 2.24) is 9.88 Å². The van der Waals surface area contributed by atoms with Crippen LogP contribution in [0, 0.1) is 19.8 Å². The first kappa shape index (κ1) is 17.2. The smallest absolute Gasteiger partial charge is 0.229 e. The van der Waals surface area contributed by atoms with Gasteiger partial charge in [0.1, 0.15) is 5.76 Å². The predicted molar refractivity (Wildman–Crippen MR) is 95.0 cm³/mol. The van der Waals surface area contributed by atoms with Crippen molar-refractivity contribution in [2.24, 2.45) is 5.92 Å². The molecule has 1 fully saturated rings. The molecular weight excluding hydrogens is 318 g/mol. The highest BCUT2D eigenvalue weighted by atomic mass is 16.4.